The van der Waals surface area contributed by atoms with Crippen LogP contribution >= 0.6 is 0 Å². The number of carboxylic acid groups (broad SMARTS) is 1. The van der Waals surface area contributed by atoms with E-state index in [-0.39, 0.29) is 30.8 Å². The Morgan fingerprint density at radius 2 is 1.88 bits per heavy atom. The van der Waals surface area contributed by atoms with Gasteiger partial charge in [-0.2, -0.15) is 10.1 Å². The van der Waals surface area contributed by atoms with Crippen molar-refractivity contribution in [3.8, 4) is 0 Å². The van der Waals surface area contributed by atoms with E-state index in [4.69, 9.17) is 9.97 Å². The molecule has 3 aliphatic rings. The van der Waals surface area contributed by atoms with Crippen molar-refractivity contribution in [2.24, 2.45) is 18.9 Å². The Bertz CT molecular complexity index is 1530. The van der Waals surface area contributed by atoms with Crippen molar-refractivity contribution in [1.29, 1.82) is 0 Å². The van der Waals surface area contributed by atoms with E-state index in [9.17, 15) is 18.7 Å². The number of rotatable bonds is 11. The molecule has 2 aliphatic carbocycles. The van der Waals surface area contributed by atoms with E-state index < -0.39 is 11.9 Å². The number of halogens is 2. The van der Waals surface area contributed by atoms with Crippen LogP contribution in [0.15, 0.2) is 42.7 Å². The van der Waals surface area contributed by atoms with Crippen LogP contribution < -0.4 is 10.2 Å². The minimum atomic E-state index is -2.62. The van der Waals surface area contributed by atoms with Gasteiger partial charge >= 0.3 is 5.97 Å². The lowest BCUT2D eigenvalue weighted by atomic mass is 9.77. The maximum atomic E-state index is 14.3. The Morgan fingerprint density at radius 1 is 1.10 bits per heavy atom. The second-order valence-electron chi connectivity index (χ2n) is 14.3. The standard InChI is InChI=1S/C37H51F2N7O2/c1-4-33(26-11-13-27(14-12-26)35(47)48)45(3)36-42-31-16-15-28(25-9-6-5-7-10-25)21-30(31)34(43-36)41-32(29-22-40-44(2)23-29)24-46-19-8-17-37(38,39)18-20-46/h5-7,9-10,22-23,26-28,32-33H,4,8,11-21,24H2,1-3H3,(H,47,48)(H,41,42,43)/t26?,27?,28-,32+,33-/m1/s1. The van der Waals surface area contributed by atoms with Crippen LogP contribution in [-0.4, -0.2) is 74.4 Å². The summed E-state index contributed by atoms with van der Waals surface area (Å²) in [4.78, 5) is 26.5. The van der Waals surface area contributed by atoms with Gasteiger partial charge in [0.15, 0.2) is 0 Å². The molecule has 0 unspecified atom stereocenters. The second-order valence-corrected chi connectivity index (χ2v) is 14.3. The smallest absolute Gasteiger partial charge is 0.306 e. The summed E-state index contributed by atoms with van der Waals surface area (Å²) in [7, 11) is 3.97. The van der Waals surface area contributed by atoms with Gasteiger partial charge in [0.2, 0.25) is 11.9 Å². The highest BCUT2D eigenvalue weighted by atomic mass is 19.3. The van der Waals surface area contributed by atoms with Gasteiger partial charge in [0.25, 0.3) is 0 Å². The van der Waals surface area contributed by atoms with Crippen molar-refractivity contribution < 1.29 is 18.7 Å². The van der Waals surface area contributed by atoms with E-state index in [2.05, 4.69) is 58.5 Å². The number of aliphatic carboxylic acids is 1. The summed E-state index contributed by atoms with van der Waals surface area (Å²) in [6.45, 7) is 3.73. The number of benzene rings is 1. The molecule has 3 aromatic rings. The van der Waals surface area contributed by atoms with Gasteiger partial charge in [0.05, 0.1) is 23.9 Å². The highest BCUT2D eigenvalue weighted by Crippen LogP contribution is 2.39. The van der Waals surface area contributed by atoms with Crippen molar-refractivity contribution in [2.75, 3.05) is 36.9 Å². The SMILES string of the molecule is CC[C@H](C1CCC(C(=O)O)CC1)N(C)c1nc2c(c(N[C@@H](CN3CCCC(F)(F)CC3)c3cnn(C)c3)n1)C[C@H](c1ccccc1)CC2. The van der Waals surface area contributed by atoms with Crippen LogP contribution in [0.25, 0.3) is 0 Å². The number of anilines is 2. The number of hydrogen-bond acceptors (Lipinski definition) is 7. The van der Waals surface area contributed by atoms with Gasteiger partial charge in [-0.05, 0) is 81.7 Å². The zero-order valence-electron chi connectivity index (χ0n) is 28.6. The molecule has 3 atom stereocenters. The van der Waals surface area contributed by atoms with Crippen LogP contribution in [-0.2, 0) is 24.7 Å². The molecular formula is C37H51F2N7O2. The molecule has 0 radical (unpaired) electrons. The van der Waals surface area contributed by atoms with Crippen molar-refractivity contribution in [3.63, 3.8) is 0 Å². The first kappa shape index (κ1) is 34.3. The van der Waals surface area contributed by atoms with E-state index in [0.717, 1.165) is 61.2 Å². The van der Waals surface area contributed by atoms with Gasteiger partial charge in [-0.15, -0.1) is 0 Å². The normalized spacial score (nSPS) is 24.2. The minimum absolute atomic E-state index is 0.0684. The zero-order valence-corrected chi connectivity index (χ0v) is 28.6. The Balaban J connectivity index is 1.33. The maximum absolute atomic E-state index is 14.3. The molecule has 0 bridgehead atoms. The summed E-state index contributed by atoms with van der Waals surface area (Å²) in [6.07, 6.45) is 10.9. The third-order valence-corrected chi connectivity index (χ3v) is 11.1. The topological polar surface area (TPSA) is 99.4 Å². The largest absolute Gasteiger partial charge is 0.481 e. The van der Waals surface area contributed by atoms with Crippen molar-refractivity contribution in [1.82, 2.24) is 24.6 Å². The summed E-state index contributed by atoms with van der Waals surface area (Å²) in [5, 5.41) is 17.8. The van der Waals surface area contributed by atoms with Crippen molar-refractivity contribution in [2.45, 2.75) is 101 Å². The number of carboxylic acids is 1. The molecule has 1 aliphatic heterocycles. The molecule has 0 amide bonds. The maximum Gasteiger partial charge on any atom is 0.306 e. The third-order valence-electron chi connectivity index (χ3n) is 11.1. The lowest BCUT2D eigenvalue weighted by Gasteiger charge is -2.38. The summed E-state index contributed by atoms with van der Waals surface area (Å²) in [6, 6.07) is 10.6. The number of nitrogens with one attached hydrogen (secondary N) is 1. The second kappa shape index (κ2) is 14.9. The van der Waals surface area contributed by atoms with Gasteiger partial charge in [-0.3, -0.25) is 9.48 Å². The minimum Gasteiger partial charge on any atom is -0.481 e. The fourth-order valence-corrected chi connectivity index (χ4v) is 8.29. The fourth-order valence-electron chi connectivity index (χ4n) is 8.29. The molecule has 0 spiro atoms. The number of aryl methyl sites for hydroxylation is 2. The number of carbonyl (C=O) groups is 1. The molecule has 2 aromatic heterocycles. The van der Waals surface area contributed by atoms with Crippen LogP contribution in [0.5, 0.6) is 0 Å². The molecule has 3 heterocycles. The van der Waals surface area contributed by atoms with Crippen LogP contribution in [0.4, 0.5) is 20.5 Å². The van der Waals surface area contributed by atoms with Crippen molar-refractivity contribution >= 4 is 17.7 Å². The number of fused-ring (bicyclic) bond motifs is 1. The number of likely N-dealkylation sites (tertiary alicyclic amines) is 1. The molecule has 1 saturated heterocycles. The van der Waals surface area contributed by atoms with Crippen LogP contribution in [0.2, 0.25) is 0 Å². The Morgan fingerprint density at radius 3 is 2.56 bits per heavy atom. The summed E-state index contributed by atoms with van der Waals surface area (Å²) < 4.78 is 30.4. The summed E-state index contributed by atoms with van der Waals surface area (Å²) in [5.41, 5.74) is 4.49. The van der Waals surface area contributed by atoms with Crippen LogP contribution in [0.1, 0.15) is 99.1 Å². The van der Waals surface area contributed by atoms with Gasteiger partial charge in [-0.25, -0.2) is 13.8 Å². The molecule has 11 heteroatoms. The predicted octanol–water partition coefficient (Wildman–Crippen LogP) is 6.86. The molecule has 48 heavy (non-hydrogen) atoms. The molecule has 9 nitrogen and oxygen atoms in total. The third kappa shape index (κ3) is 7.98. The van der Waals surface area contributed by atoms with E-state index >= 15 is 0 Å². The summed E-state index contributed by atoms with van der Waals surface area (Å²) in [5.74, 6) is -1.34. The van der Waals surface area contributed by atoms with Gasteiger partial charge < -0.3 is 20.2 Å². The molecule has 1 saturated carbocycles. The van der Waals surface area contributed by atoms with E-state index in [1.807, 2.05) is 25.5 Å². The quantitative estimate of drug-likeness (QED) is 0.230. The first-order chi connectivity index (χ1) is 23.1. The fraction of sp³-hybridized carbons (Fsp3) is 0.622. The average molecular weight is 664 g/mol. The molecule has 6 rings (SSSR count). The first-order valence-corrected chi connectivity index (χ1v) is 17.9. The van der Waals surface area contributed by atoms with Crippen molar-refractivity contribution in [3.05, 3.63) is 65.1 Å². The van der Waals surface area contributed by atoms with Crippen LogP contribution in [0.3, 0.4) is 0 Å². The lowest BCUT2D eigenvalue weighted by Crippen LogP contribution is -2.41. The van der Waals surface area contributed by atoms with E-state index in [0.29, 0.717) is 56.7 Å². The molecule has 2 N–H and O–H groups in total. The summed E-state index contributed by atoms with van der Waals surface area (Å²) >= 11 is 0. The molecule has 1 aromatic carbocycles. The first-order valence-electron chi connectivity index (χ1n) is 17.9. The molecule has 2 fully saturated rings. The molecular weight excluding hydrogens is 612 g/mol. The number of hydrogen-bond donors (Lipinski definition) is 2. The lowest BCUT2D eigenvalue weighted by molar-refractivity contribution is -0.143. The predicted molar refractivity (Wildman–Crippen MR) is 184 cm³/mol. The van der Waals surface area contributed by atoms with Crippen LogP contribution in [0, 0.1) is 11.8 Å². The number of alkyl halides is 2. The van der Waals surface area contributed by atoms with Gasteiger partial charge in [0, 0.05) is 63.4 Å². The monoisotopic (exact) mass is 663 g/mol. The van der Waals surface area contributed by atoms with Gasteiger partial charge in [0.1, 0.15) is 5.82 Å². The Labute approximate surface area is 283 Å². The average Bonchev–Trinajstić information content (AvgIpc) is 3.45. The Kier molecular flexibility index (Phi) is 10.6. The van der Waals surface area contributed by atoms with Gasteiger partial charge in [-0.1, -0.05) is 37.3 Å². The zero-order chi connectivity index (χ0) is 33.8. The highest BCUT2D eigenvalue weighted by molar-refractivity contribution is 5.70. The Hall–Kier alpha value is -3.60. The van der Waals surface area contributed by atoms with E-state index in [1.165, 1.54) is 5.56 Å². The van der Waals surface area contributed by atoms with E-state index in [1.54, 1.807) is 4.68 Å². The molecule has 260 valence electrons. The number of nitrogens with zero attached hydrogens (tertiary/aromatic N) is 6. The number of aromatic nitrogens is 4. The highest BCUT2D eigenvalue weighted by Gasteiger charge is 2.35.